The highest BCUT2D eigenvalue weighted by atomic mass is 16.5. The summed E-state index contributed by atoms with van der Waals surface area (Å²) < 4.78 is 10.8. The van der Waals surface area contributed by atoms with Crippen molar-refractivity contribution in [3.63, 3.8) is 0 Å². The third-order valence-corrected chi connectivity index (χ3v) is 5.12. The summed E-state index contributed by atoms with van der Waals surface area (Å²) in [5.74, 6) is 0.584. The molecule has 5 nitrogen and oxygen atoms in total. The van der Waals surface area contributed by atoms with Gasteiger partial charge < -0.3 is 19.6 Å². The number of aliphatic hydroxyl groups is 1. The van der Waals surface area contributed by atoms with E-state index in [2.05, 4.69) is 12.2 Å². The second kappa shape index (κ2) is 14.2. The van der Waals surface area contributed by atoms with E-state index in [4.69, 9.17) is 9.15 Å². The summed E-state index contributed by atoms with van der Waals surface area (Å²) in [6.07, 6.45) is 12.7. The first kappa shape index (κ1) is 23.4. The van der Waals surface area contributed by atoms with Crippen LogP contribution in [0.4, 0.5) is 0 Å². The van der Waals surface area contributed by atoms with Crippen molar-refractivity contribution in [1.82, 2.24) is 5.32 Å². The van der Waals surface area contributed by atoms with Gasteiger partial charge in [-0.25, -0.2) is 4.79 Å². The molecule has 1 aromatic carbocycles. The Morgan fingerprint density at radius 2 is 1.62 bits per heavy atom. The molecule has 0 aliphatic heterocycles. The molecule has 2 N–H and O–H groups in total. The van der Waals surface area contributed by atoms with Crippen molar-refractivity contribution in [2.24, 2.45) is 0 Å². The number of benzene rings is 1. The Labute approximate surface area is 174 Å². The summed E-state index contributed by atoms with van der Waals surface area (Å²) in [6, 6.07) is 8.45. The SMILES string of the molecule is CCCCCCCCCCCCNC[C@@H](O)COc1ccc2ccc(=O)oc2c1. The van der Waals surface area contributed by atoms with Gasteiger partial charge in [0.05, 0.1) is 0 Å². The van der Waals surface area contributed by atoms with E-state index in [9.17, 15) is 9.90 Å². The minimum atomic E-state index is -0.573. The molecule has 0 aliphatic rings. The first-order chi connectivity index (χ1) is 14.2. The average molecular weight is 404 g/mol. The first-order valence-corrected chi connectivity index (χ1v) is 11.2. The molecule has 2 aromatic rings. The van der Waals surface area contributed by atoms with Crippen LogP contribution in [0.2, 0.25) is 0 Å². The third kappa shape index (κ3) is 9.95. The lowest BCUT2D eigenvalue weighted by molar-refractivity contribution is 0.106. The quantitative estimate of drug-likeness (QED) is 0.303. The number of hydrogen-bond acceptors (Lipinski definition) is 5. The van der Waals surface area contributed by atoms with Crippen molar-refractivity contribution in [2.45, 2.75) is 77.2 Å². The highest BCUT2D eigenvalue weighted by Crippen LogP contribution is 2.19. The van der Waals surface area contributed by atoms with Crippen molar-refractivity contribution in [3.05, 3.63) is 40.8 Å². The molecule has 0 spiro atoms. The second-order valence-corrected chi connectivity index (χ2v) is 7.80. The smallest absolute Gasteiger partial charge is 0.336 e. The molecule has 0 bridgehead atoms. The van der Waals surface area contributed by atoms with Gasteiger partial charge in [-0.2, -0.15) is 0 Å². The van der Waals surface area contributed by atoms with Gasteiger partial charge in [0.25, 0.3) is 0 Å². The van der Waals surface area contributed by atoms with Gasteiger partial charge in [0.15, 0.2) is 0 Å². The average Bonchev–Trinajstić information content (AvgIpc) is 2.72. The predicted molar refractivity (Wildman–Crippen MR) is 119 cm³/mol. The van der Waals surface area contributed by atoms with E-state index in [0.717, 1.165) is 18.4 Å². The van der Waals surface area contributed by atoms with Crippen LogP contribution in [0.3, 0.4) is 0 Å². The summed E-state index contributed by atoms with van der Waals surface area (Å²) in [5.41, 5.74) is 0.106. The normalized spacial score (nSPS) is 12.3. The van der Waals surface area contributed by atoms with Crippen molar-refractivity contribution < 1.29 is 14.3 Å². The summed E-state index contributed by atoms with van der Waals surface area (Å²) in [4.78, 5) is 11.3. The van der Waals surface area contributed by atoms with Crippen LogP contribution in [0.5, 0.6) is 5.75 Å². The van der Waals surface area contributed by atoms with E-state index in [-0.39, 0.29) is 12.2 Å². The van der Waals surface area contributed by atoms with Crippen LogP contribution < -0.4 is 15.7 Å². The zero-order valence-electron chi connectivity index (χ0n) is 17.8. The van der Waals surface area contributed by atoms with Crippen LogP contribution >= 0.6 is 0 Å². The lowest BCUT2D eigenvalue weighted by atomic mass is 10.1. The Hall–Kier alpha value is -1.85. The zero-order valence-corrected chi connectivity index (χ0v) is 17.8. The van der Waals surface area contributed by atoms with Crippen LogP contribution in [0.25, 0.3) is 11.0 Å². The predicted octanol–water partition coefficient (Wildman–Crippen LogP) is 5.04. The lowest BCUT2D eigenvalue weighted by Gasteiger charge is -2.13. The molecular formula is C24H37NO4. The number of rotatable bonds is 16. The third-order valence-electron chi connectivity index (χ3n) is 5.12. The van der Waals surface area contributed by atoms with E-state index in [1.54, 1.807) is 12.1 Å². The molecule has 0 saturated carbocycles. The minimum absolute atomic E-state index is 0.202. The molecule has 0 unspecified atom stereocenters. The highest BCUT2D eigenvalue weighted by Gasteiger charge is 2.06. The van der Waals surface area contributed by atoms with Gasteiger partial charge in [0.1, 0.15) is 24.0 Å². The van der Waals surface area contributed by atoms with E-state index >= 15 is 0 Å². The van der Waals surface area contributed by atoms with Gasteiger partial charge in [-0.05, 0) is 31.2 Å². The molecule has 1 atom stereocenters. The summed E-state index contributed by atoms with van der Waals surface area (Å²) in [5, 5.41) is 14.2. The fourth-order valence-electron chi connectivity index (χ4n) is 3.39. The summed E-state index contributed by atoms with van der Waals surface area (Å²) >= 11 is 0. The number of nitrogens with one attached hydrogen (secondary N) is 1. The molecule has 1 heterocycles. The summed E-state index contributed by atoms with van der Waals surface area (Å²) in [6.45, 7) is 3.90. The Bertz CT molecular complexity index is 743. The molecule has 0 saturated heterocycles. The van der Waals surface area contributed by atoms with E-state index in [1.165, 1.54) is 63.9 Å². The fourth-order valence-corrected chi connectivity index (χ4v) is 3.39. The van der Waals surface area contributed by atoms with Crippen LogP contribution in [-0.2, 0) is 0 Å². The Morgan fingerprint density at radius 1 is 0.966 bits per heavy atom. The molecule has 0 aliphatic carbocycles. The monoisotopic (exact) mass is 403 g/mol. The van der Waals surface area contributed by atoms with Gasteiger partial charge >= 0.3 is 5.63 Å². The van der Waals surface area contributed by atoms with Crippen LogP contribution in [0.1, 0.15) is 71.1 Å². The molecule has 2 rings (SSSR count). The molecule has 29 heavy (non-hydrogen) atoms. The van der Waals surface area contributed by atoms with Gasteiger partial charge in [-0.15, -0.1) is 0 Å². The number of hydrogen-bond donors (Lipinski definition) is 2. The van der Waals surface area contributed by atoms with Crippen LogP contribution in [0.15, 0.2) is 39.5 Å². The number of unbranched alkanes of at least 4 members (excludes halogenated alkanes) is 9. The van der Waals surface area contributed by atoms with E-state index in [0.29, 0.717) is 17.9 Å². The maximum Gasteiger partial charge on any atom is 0.336 e. The molecule has 162 valence electrons. The lowest BCUT2D eigenvalue weighted by Crippen LogP contribution is -2.32. The van der Waals surface area contributed by atoms with Gasteiger partial charge in [-0.1, -0.05) is 64.7 Å². The molecule has 5 heteroatoms. The molecule has 0 radical (unpaired) electrons. The standard InChI is InChI=1S/C24H37NO4/c1-2-3-4-5-6-7-8-9-10-11-16-25-18-21(26)19-28-22-14-12-20-13-15-24(27)29-23(20)17-22/h12-15,17,21,25-26H,2-11,16,18-19H2,1H3/t21-/m1/s1. The Morgan fingerprint density at radius 3 is 2.34 bits per heavy atom. The maximum atomic E-state index is 11.3. The molecule has 1 aromatic heterocycles. The van der Waals surface area contributed by atoms with Crippen molar-refractivity contribution in [3.8, 4) is 5.75 Å². The largest absolute Gasteiger partial charge is 0.491 e. The topological polar surface area (TPSA) is 71.7 Å². The Kier molecular flexibility index (Phi) is 11.5. The first-order valence-electron chi connectivity index (χ1n) is 11.2. The number of fused-ring (bicyclic) bond motifs is 1. The second-order valence-electron chi connectivity index (χ2n) is 7.80. The molecular weight excluding hydrogens is 366 g/mol. The van der Waals surface area contributed by atoms with Gasteiger partial charge in [0.2, 0.25) is 0 Å². The minimum Gasteiger partial charge on any atom is -0.491 e. The van der Waals surface area contributed by atoms with Crippen molar-refractivity contribution >= 4 is 11.0 Å². The van der Waals surface area contributed by atoms with Crippen molar-refractivity contribution in [1.29, 1.82) is 0 Å². The van der Waals surface area contributed by atoms with Crippen molar-refractivity contribution in [2.75, 3.05) is 19.7 Å². The van der Waals surface area contributed by atoms with Crippen LogP contribution in [0, 0.1) is 0 Å². The zero-order chi connectivity index (χ0) is 20.7. The number of ether oxygens (including phenoxy) is 1. The molecule has 0 fully saturated rings. The highest BCUT2D eigenvalue weighted by molar-refractivity contribution is 5.77. The fraction of sp³-hybridized carbons (Fsp3) is 0.625. The maximum absolute atomic E-state index is 11.3. The molecule has 0 amide bonds. The number of aliphatic hydroxyl groups excluding tert-OH is 1. The van der Waals surface area contributed by atoms with E-state index < -0.39 is 6.10 Å². The van der Waals surface area contributed by atoms with E-state index in [1.807, 2.05) is 12.1 Å². The Balaban J connectivity index is 1.48. The summed E-state index contributed by atoms with van der Waals surface area (Å²) in [7, 11) is 0. The van der Waals surface area contributed by atoms with Crippen LogP contribution in [-0.4, -0.2) is 30.9 Å². The van der Waals surface area contributed by atoms with Gasteiger partial charge in [-0.3, -0.25) is 0 Å². The van der Waals surface area contributed by atoms with Gasteiger partial charge in [0, 0.05) is 24.1 Å².